The number of aromatic amines is 1. The molecule has 0 spiro atoms. The van der Waals surface area contributed by atoms with E-state index in [9.17, 15) is 14.4 Å². The average molecular weight is 471 g/mol. The molecule has 0 atom stereocenters. The number of anilines is 2. The molecule has 0 saturated carbocycles. The Hall–Kier alpha value is -2.91. The molecular formula is C25H38N6O3. The van der Waals surface area contributed by atoms with Crippen LogP contribution in [0, 0.1) is 5.92 Å². The monoisotopic (exact) mass is 470 g/mol. The van der Waals surface area contributed by atoms with Gasteiger partial charge in [0.2, 0.25) is 5.91 Å². The summed E-state index contributed by atoms with van der Waals surface area (Å²) < 4.78 is 1.36. The number of nitrogens with two attached hydrogens (primary N) is 1. The molecule has 1 aliphatic heterocycles. The average Bonchev–Trinajstić information content (AvgIpc) is 2.80. The third-order valence-corrected chi connectivity index (χ3v) is 6.14. The molecule has 0 bridgehead atoms. The predicted octanol–water partition coefficient (Wildman–Crippen LogP) is 1.73. The summed E-state index contributed by atoms with van der Waals surface area (Å²) in [6, 6.07) is 10.4. The predicted molar refractivity (Wildman–Crippen MR) is 136 cm³/mol. The Morgan fingerprint density at radius 3 is 2.35 bits per heavy atom. The number of rotatable bonds is 10. The Balaban J connectivity index is 1.72. The summed E-state index contributed by atoms with van der Waals surface area (Å²) in [4.78, 5) is 46.8. The number of aromatic nitrogens is 2. The van der Waals surface area contributed by atoms with Crippen molar-refractivity contribution in [3.05, 3.63) is 56.7 Å². The molecule has 1 fully saturated rings. The highest BCUT2D eigenvalue weighted by atomic mass is 16.2. The molecule has 1 aromatic carbocycles. The molecule has 1 saturated heterocycles. The van der Waals surface area contributed by atoms with Crippen molar-refractivity contribution >= 4 is 17.4 Å². The highest BCUT2D eigenvalue weighted by Crippen LogP contribution is 2.19. The van der Waals surface area contributed by atoms with Gasteiger partial charge in [-0.1, -0.05) is 57.5 Å². The van der Waals surface area contributed by atoms with E-state index in [1.807, 2.05) is 39.0 Å². The van der Waals surface area contributed by atoms with Crippen molar-refractivity contribution in [2.24, 2.45) is 5.92 Å². The van der Waals surface area contributed by atoms with E-state index in [2.05, 4.69) is 26.9 Å². The van der Waals surface area contributed by atoms with Crippen LogP contribution < -0.4 is 21.9 Å². The number of H-pyrrole nitrogens is 1. The number of carbonyl (C=O) groups excluding carboxylic acids is 1. The number of hydrogen-bond acceptors (Lipinski definition) is 6. The lowest BCUT2D eigenvalue weighted by Gasteiger charge is -2.35. The maximum Gasteiger partial charge on any atom is 0.330 e. The van der Waals surface area contributed by atoms with Crippen LogP contribution in [0.2, 0.25) is 0 Å². The Kier molecular flexibility index (Phi) is 9.06. The van der Waals surface area contributed by atoms with Crippen LogP contribution in [0.25, 0.3) is 0 Å². The number of unbranched alkanes of at least 4 members (excludes halogenated alkanes) is 1. The van der Waals surface area contributed by atoms with Gasteiger partial charge in [-0.15, -0.1) is 0 Å². The van der Waals surface area contributed by atoms with Gasteiger partial charge in [0.1, 0.15) is 5.82 Å². The molecule has 186 valence electrons. The first kappa shape index (κ1) is 25.7. The molecule has 1 aliphatic rings. The van der Waals surface area contributed by atoms with E-state index in [1.165, 1.54) is 15.0 Å². The minimum Gasteiger partial charge on any atom is -0.383 e. The number of carbonyl (C=O) groups is 1. The number of benzene rings is 1. The van der Waals surface area contributed by atoms with Crippen LogP contribution in [0.1, 0.15) is 39.2 Å². The molecular weight excluding hydrogens is 432 g/mol. The van der Waals surface area contributed by atoms with Crippen molar-refractivity contribution in [1.29, 1.82) is 0 Å². The Morgan fingerprint density at radius 2 is 1.74 bits per heavy atom. The zero-order valence-corrected chi connectivity index (χ0v) is 20.6. The lowest BCUT2D eigenvalue weighted by atomic mass is 10.2. The van der Waals surface area contributed by atoms with Crippen molar-refractivity contribution in [2.45, 2.75) is 46.7 Å². The van der Waals surface area contributed by atoms with E-state index >= 15 is 0 Å². The fraction of sp³-hybridized carbons (Fsp3) is 0.560. The zero-order chi connectivity index (χ0) is 24.7. The fourth-order valence-electron chi connectivity index (χ4n) is 4.29. The summed E-state index contributed by atoms with van der Waals surface area (Å²) in [7, 11) is 0. The second-order valence-electron chi connectivity index (χ2n) is 9.43. The summed E-state index contributed by atoms with van der Waals surface area (Å²) in [6.45, 7) is 11.1. The second kappa shape index (κ2) is 12.0. The molecule has 1 aromatic heterocycles. The highest BCUT2D eigenvalue weighted by molar-refractivity contribution is 5.96. The normalized spacial score (nSPS) is 15.1. The molecule has 9 nitrogen and oxygen atoms in total. The van der Waals surface area contributed by atoms with Crippen LogP contribution in [0.15, 0.2) is 39.9 Å². The van der Waals surface area contributed by atoms with Crippen molar-refractivity contribution in [3.8, 4) is 0 Å². The van der Waals surface area contributed by atoms with Crippen LogP contribution in [-0.4, -0.2) is 64.5 Å². The minimum absolute atomic E-state index is 0.0552. The van der Waals surface area contributed by atoms with Crippen molar-refractivity contribution in [1.82, 2.24) is 19.4 Å². The number of nitrogens with zero attached hydrogens (tertiary/aromatic N) is 4. The van der Waals surface area contributed by atoms with Crippen molar-refractivity contribution < 1.29 is 4.79 Å². The van der Waals surface area contributed by atoms with Crippen LogP contribution in [-0.2, 0) is 17.9 Å². The lowest BCUT2D eigenvalue weighted by Crippen LogP contribution is -2.51. The molecule has 2 heterocycles. The molecule has 1 amide bonds. The molecule has 2 aromatic rings. The SMILES string of the molecule is CCCCN(C(=O)CN1CCN(Cc2ccccc2)CC1)c1c(N)n(CC(C)C)c(=O)[nH]c1=O. The summed E-state index contributed by atoms with van der Waals surface area (Å²) in [5.74, 6) is 0.0437. The Bertz CT molecular complexity index is 1050. The van der Waals surface area contributed by atoms with Crippen LogP contribution in [0.4, 0.5) is 11.5 Å². The molecule has 3 rings (SSSR count). The lowest BCUT2D eigenvalue weighted by molar-refractivity contribution is -0.120. The van der Waals surface area contributed by atoms with Gasteiger partial charge in [-0.3, -0.25) is 28.9 Å². The number of piperazine rings is 1. The molecule has 0 aliphatic carbocycles. The van der Waals surface area contributed by atoms with Gasteiger partial charge in [0, 0.05) is 45.8 Å². The summed E-state index contributed by atoms with van der Waals surface area (Å²) >= 11 is 0. The number of amides is 1. The second-order valence-corrected chi connectivity index (χ2v) is 9.43. The summed E-state index contributed by atoms with van der Waals surface area (Å²) in [5, 5.41) is 0. The number of hydrogen-bond donors (Lipinski definition) is 2. The topological polar surface area (TPSA) is 108 Å². The number of nitrogen functional groups attached to an aromatic ring is 1. The maximum absolute atomic E-state index is 13.4. The maximum atomic E-state index is 13.4. The Morgan fingerprint density at radius 1 is 1.09 bits per heavy atom. The molecule has 9 heteroatoms. The third-order valence-electron chi connectivity index (χ3n) is 6.14. The smallest absolute Gasteiger partial charge is 0.330 e. The third kappa shape index (κ3) is 6.57. The minimum atomic E-state index is -0.611. The summed E-state index contributed by atoms with van der Waals surface area (Å²) in [6.07, 6.45) is 1.60. The van der Waals surface area contributed by atoms with E-state index in [0.29, 0.717) is 13.1 Å². The fourth-order valence-corrected chi connectivity index (χ4v) is 4.29. The van der Waals surface area contributed by atoms with E-state index in [1.54, 1.807) is 0 Å². The van der Waals surface area contributed by atoms with Gasteiger partial charge >= 0.3 is 5.69 Å². The van der Waals surface area contributed by atoms with Gasteiger partial charge in [-0.2, -0.15) is 0 Å². The van der Waals surface area contributed by atoms with Gasteiger partial charge in [0.25, 0.3) is 5.56 Å². The van der Waals surface area contributed by atoms with Crippen LogP contribution in [0.3, 0.4) is 0 Å². The quantitative estimate of drug-likeness (QED) is 0.548. The summed E-state index contributed by atoms with van der Waals surface area (Å²) in [5.41, 5.74) is 6.51. The molecule has 34 heavy (non-hydrogen) atoms. The van der Waals surface area contributed by atoms with Gasteiger partial charge in [0.05, 0.1) is 6.54 Å². The van der Waals surface area contributed by atoms with E-state index in [0.717, 1.165) is 45.6 Å². The first-order valence-electron chi connectivity index (χ1n) is 12.2. The van der Waals surface area contributed by atoms with Gasteiger partial charge in [0.15, 0.2) is 5.69 Å². The molecule has 0 radical (unpaired) electrons. The van der Waals surface area contributed by atoms with Crippen LogP contribution >= 0.6 is 0 Å². The molecule has 3 N–H and O–H groups in total. The highest BCUT2D eigenvalue weighted by Gasteiger charge is 2.27. The molecule has 0 unspecified atom stereocenters. The first-order chi connectivity index (χ1) is 16.3. The zero-order valence-electron chi connectivity index (χ0n) is 20.6. The van der Waals surface area contributed by atoms with Crippen molar-refractivity contribution in [2.75, 3.05) is 49.9 Å². The standard InChI is InChI=1S/C25H38N6O3/c1-4-5-11-30(22-23(26)31(16-19(2)3)25(34)27-24(22)33)21(32)18-29-14-12-28(13-15-29)17-20-9-7-6-8-10-20/h6-10,19H,4-5,11-18,26H2,1-3H3,(H,27,33,34). The largest absolute Gasteiger partial charge is 0.383 e. The van der Waals surface area contributed by atoms with E-state index in [-0.39, 0.29) is 29.9 Å². The van der Waals surface area contributed by atoms with Gasteiger partial charge < -0.3 is 10.6 Å². The van der Waals surface area contributed by atoms with E-state index in [4.69, 9.17) is 5.73 Å². The van der Waals surface area contributed by atoms with E-state index < -0.39 is 11.2 Å². The Labute approximate surface area is 201 Å². The first-order valence-corrected chi connectivity index (χ1v) is 12.2. The number of nitrogens with one attached hydrogen (secondary N) is 1. The van der Waals surface area contributed by atoms with Crippen LogP contribution in [0.5, 0.6) is 0 Å². The van der Waals surface area contributed by atoms with Gasteiger partial charge in [-0.25, -0.2) is 4.79 Å². The van der Waals surface area contributed by atoms with Gasteiger partial charge in [-0.05, 0) is 17.9 Å². The van der Waals surface area contributed by atoms with Crippen molar-refractivity contribution in [3.63, 3.8) is 0 Å².